The number of anilines is 1. The number of halogens is 1. The van der Waals surface area contributed by atoms with Gasteiger partial charge in [0.25, 0.3) is 6.01 Å². The van der Waals surface area contributed by atoms with Crippen LogP contribution >= 0.6 is 11.6 Å². The fourth-order valence-electron chi connectivity index (χ4n) is 3.32. The van der Waals surface area contributed by atoms with Crippen LogP contribution in [0.5, 0.6) is 5.75 Å². The van der Waals surface area contributed by atoms with E-state index in [2.05, 4.69) is 14.9 Å². The summed E-state index contributed by atoms with van der Waals surface area (Å²) in [6, 6.07) is 8.45. The normalized spacial score (nSPS) is 17.7. The molecule has 26 heavy (non-hydrogen) atoms. The van der Waals surface area contributed by atoms with Gasteiger partial charge in [0.2, 0.25) is 0 Å². The Bertz CT molecular complexity index is 925. The number of rotatable bonds is 4. The van der Waals surface area contributed by atoms with Gasteiger partial charge in [-0.1, -0.05) is 11.6 Å². The number of pyridine rings is 1. The Labute approximate surface area is 157 Å². The molecule has 6 heteroatoms. The minimum absolute atomic E-state index is 0.230. The first kappa shape index (κ1) is 17.2. The number of aromatic nitrogens is 2. The lowest BCUT2D eigenvalue weighted by Crippen LogP contribution is -2.43. The second-order valence-electron chi connectivity index (χ2n) is 6.84. The molecule has 1 unspecified atom stereocenters. The summed E-state index contributed by atoms with van der Waals surface area (Å²) in [5.74, 6) is 0.808. The zero-order chi connectivity index (χ0) is 18.1. The van der Waals surface area contributed by atoms with Gasteiger partial charge in [-0.05, 0) is 56.9 Å². The van der Waals surface area contributed by atoms with E-state index in [9.17, 15) is 0 Å². The number of hydrogen-bond donors (Lipinski definition) is 0. The molecule has 3 aromatic rings. The zero-order valence-electron chi connectivity index (χ0n) is 15.0. The van der Waals surface area contributed by atoms with E-state index in [4.69, 9.17) is 20.8 Å². The predicted octanol–water partition coefficient (Wildman–Crippen LogP) is 4.93. The van der Waals surface area contributed by atoms with Crippen molar-refractivity contribution in [2.75, 3.05) is 18.1 Å². The van der Waals surface area contributed by atoms with Gasteiger partial charge in [-0.3, -0.25) is 4.98 Å². The highest BCUT2D eigenvalue weighted by molar-refractivity contribution is 6.31. The number of piperidine rings is 1. The Morgan fingerprint density at radius 1 is 1.27 bits per heavy atom. The van der Waals surface area contributed by atoms with Gasteiger partial charge in [0.15, 0.2) is 5.58 Å². The quantitative estimate of drug-likeness (QED) is 0.650. The smallest absolute Gasteiger partial charge is 0.298 e. The van der Waals surface area contributed by atoms with E-state index in [-0.39, 0.29) is 6.04 Å². The van der Waals surface area contributed by atoms with Crippen LogP contribution in [0, 0.1) is 13.8 Å². The molecular formula is C20H22ClN3O2. The van der Waals surface area contributed by atoms with Gasteiger partial charge in [-0.2, -0.15) is 4.98 Å². The molecule has 0 saturated carbocycles. The summed E-state index contributed by atoms with van der Waals surface area (Å²) in [4.78, 5) is 11.2. The maximum absolute atomic E-state index is 6.06. The van der Waals surface area contributed by atoms with Crippen molar-refractivity contribution in [2.24, 2.45) is 0 Å². The van der Waals surface area contributed by atoms with Crippen LogP contribution in [-0.4, -0.2) is 29.2 Å². The topological polar surface area (TPSA) is 51.4 Å². The molecular weight excluding hydrogens is 350 g/mol. The van der Waals surface area contributed by atoms with Crippen LogP contribution in [0.3, 0.4) is 0 Å². The molecule has 0 amide bonds. The largest absolute Gasteiger partial charge is 0.490 e. The second kappa shape index (κ2) is 7.16. The molecule has 136 valence electrons. The van der Waals surface area contributed by atoms with Gasteiger partial charge in [0, 0.05) is 23.3 Å². The molecule has 4 rings (SSSR count). The van der Waals surface area contributed by atoms with E-state index >= 15 is 0 Å². The number of ether oxygens (including phenoxy) is 1. The van der Waals surface area contributed by atoms with Crippen LogP contribution in [0.25, 0.3) is 11.1 Å². The van der Waals surface area contributed by atoms with Crippen molar-refractivity contribution in [2.45, 2.75) is 39.2 Å². The highest BCUT2D eigenvalue weighted by Gasteiger charge is 2.27. The summed E-state index contributed by atoms with van der Waals surface area (Å²) in [6.45, 7) is 5.55. The Balaban J connectivity index is 1.52. The summed E-state index contributed by atoms with van der Waals surface area (Å²) in [5, 5.41) is 0.654. The molecule has 3 heterocycles. The second-order valence-corrected chi connectivity index (χ2v) is 7.27. The van der Waals surface area contributed by atoms with Crippen LogP contribution in [0.1, 0.15) is 30.5 Å². The van der Waals surface area contributed by atoms with Gasteiger partial charge in [-0.15, -0.1) is 0 Å². The Kier molecular flexibility index (Phi) is 4.72. The van der Waals surface area contributed by atoms with Gasteiger partial charge in [-0.25, -0.2) is 0 Å². The van der Waals surface area contributed by atoms with Gasteiger partial charge in [0.1, 0.15) is 17.9 Å². The van der Waals surface area contributed by atoms with Crippen LogP contribution in [-0.2, 0) is 0 Å². The third kappa shape index (κ3) is 3.49. The number of aryl methyl sites for hydroxylation is 2. The average molecular weight is 372 g/mol. The van der Waals surface area contributed by atoms with Gasteiger partial charge in [0.05, 0.1) is 12.2 Å². The van der Waals surface area contributed by atoms with Gasteiger partial charge < -0.3 is 14.1 Å². The third-order valence-corrected chi connectivity index (χ3v) is 5.20. The Morgan fingerprint density at radius 3 is 3.00 bits per heavy atom. The van der Waals surface area contributed by atoms with E-state index in [1.807, 2.05) is 38.1 Å². The molecule has 1 atom stereocenters. The molecule has 0 N–H and O–H groups in total. The SMILES string of the molecule is Cc1cc(OCC2CCCCN2c2nc3ccc(Cl)cc3o2)cnc1C. The third-order valence-electron chi connectivity index (χ3n) is 4.97. The molecule has 1 aliphatic heterocycles. The number of benzene rings is 1. The van der Waals surface area contributed by atoms with Crippen molar-refractivity contribution < 1.29 is 9.15 Å². The standard InChI is InChI=1S/C20H22ClN3O2/c1-13-9-17(11-22-14(13)2)25-12-16-5-3-4-8-24(16)20-23-18-7-6-15(21)10-19(18)26-20/h6-7,9-11,16H,3-5,8,12H2,1-2H3. The summed E-state index contributed by atoms with van der Waals surface area (Å²) >= 11 is 6.06. The molecule has 5 nitrogen and oxygen atoms in total. The monoisotopic (exact) mass is 371 g/mol. The minimum Gasteiger partial charge on any atom is -0.490 e. The summed E-state index contributed by atoms with van der Waals surface area (Å²) in [6.07, 6.45) is 5.15. The lowest BCUT2D eigenvalue weighted by Gasteiger charge is -2.34. The lowest BCUT2D eigenvalue weighted by atomic mass is 10.0. The fraction of sp³-hybridized carbons (Fsp3) is 0.400. The summed E-state index contributed by atoms with van der Waals surface area (Å²) in [7, 11) is 0. The number of fused-ring (bicyclic) bond motifs is 1. The molecule has 0 radical (unpaired) electrons. The van der Waals surface area contributed by atoms with E-state index in [0.29, 0.717) is 17.6 Å². The highest BCUT2D eigenvalue weighted by Crippen LogP contribution is 2.29. The molecule has 1 saturated heterocycles. The molecule has 2 aromatic heterocycles. The van der Waals surface area contributed by atoms with Crippen molar-refractivity contribution in [3.8, 4) is 5.75 Å². The van der Waals surface area contributed by atoms with Gasteiger partial charge >= 0.3 is 0 Å². The number of nitrogens with zero attached hydrogens (tertiary/aromatic N) is 3. The lowest BCUT2D eigenvalue weighted by molar-refractivity contribution is 0.254. The van der Waals surface area contributed by atoms with Crippen molar-refractivity contribution >= 4 is 28.7 Å². The van der Waals surface area contributed by atoms with E-state index < -0.39 is 0 Å². The Hall–Kier alpha value is -2.27. The van der Waals surface area contributed by atoms with Crippen molar-refractivity contribution in [3.63, 3.8) is 0 Å². The number of hydrogen-bond acceptors (Lipinski definition) is 5. The number of oxazole rings is 1. The van der Waals surface area contributed by atoms with Crippen LogP contribution in [0.2, 0.25) is 5.02 Å². The first-order chi connectivity index (χ1) is 12.6. The van der Waals surface area contributed by atoms with E-state index in [1.165, 1.54) is 6.42 Å². The molecule has 0 aliphatic carbocycles. The minimum atomic E-state index is 0.230. The highest BCUT2D eigenvalue weighted by atomic mass is 35.5. The van der Waals surface area contributed by atoms with Crippen molar-refractivity contribution in [3.05, 3.63) is 46.7 Å². The maximum Gasteiger partial charge on any atom is 0.298 e. The molecule has 1 fully saturated rings. The molecule has 1 aliphatic rings. The van der Waals surface area contributed by atoms with Crippen LogP contribution < -0.4 is 9.64 Å². The molecule has 0 bridgehead atoms. The van der Waals surface area contributed by atoms with Crippen LogP contribution in [0.15, 0.2) is 34.9 Å². The van der Waals surface area contributed by atoms with Crippen molar-refractivity contribution in [1.82, 2.24) is 9.97 Å². The molecule has 0 spiro atoms. The van der Waals surface area contributed by atoms with Crippen molar-refractivity contribution in [1.29, 1.82) is 0 Å². The molecule has 1 aromatic carbocycles. The predicted molar refractivity (Wildman–Crippen MR) is 103 cm³/mol. The fourth-order valence-corrected chi connectivity index (χ4v) is 3.49. The summed E-state index contributed by atoms with van der Waals surface area (Å²) in [5.41, 5.74) is 3.71. The average Bonchev–Trinajstić information content (AvgIpc) is 3.06. The van der Waals surface area contributed by atoms with E-state index in [0.717, 1.165) is 47.5 Å². The zero-order valence-corrected chi connectivity index (χ0v) is 15.8. The first-order valence-electron chi connectivity index (χ1n) is 8.99. The Morgan fingerprint density at radius 2 is 2.15 bits per heavy atom. The summed E-state index contributed by atoms with van der Waals surface area (Å²) < 4.78 is 12.0. The maximum atomic E-state index is 6.06. The van der Waals surface area contributed by atoms with Crippen LogP contribution in [0.4, 0.5) is 6.01 Å². The first-order valence-corrected chi connectivity index (χ1v) is 9.37. The van der Waals surface area contributed by atoms with E-state index in [1.54, 1.807) is 6.20 Å².